The number of carbonyl (C=O) groups is 1. The van der Waals surface area contributed by atoms with Gasteiger partial charge in [-0.15, -0.1) is 0 Å². The smallest absolute Gasteiger partial charge is 0.259 e. The van der Waals surface area contributed by atoms with Gasteiger partial charge in [-0.05, 0) is 18.8 Å². The molecule has 3 heterocycles. The number of ether oxygens (including phenoxy) is 1. The van der Waals surface area contributed by atoms with E-state index in [-0.39, 0.29) is 30.7 Å². The van der Waals surface area contributed by atoms with E-state index in [4.69, 9.17) is 9.72 Å². The monoisotopic (exact) mass is 487 g/mol. The lowest BCUT2D eigenvalue weighted by Crippen LogP contribution is -2.53. The standard InChI is InChI=1S/C25H41N7O2.CH4/c1-17(2)16-32(19-12-18(13-26-14-19)21-8-10-29-31-21)23(33)20-15-28-24(25(3,4)5)30-22(20)27-9-7-11-34-6;/h10,15,17-19,26H,7-9,11-14,16H2,1-6H3,(H,27,28,30);1H4/t18-,19+;/m1./s1. The van der Waals surface area contributed by atoms with Gasteiger partial charge in [0.1, 0.15) is 17.2 Å². The summed E-state index contributed by atoms with van der Waals surface area (Å²) >= 11 is 0. The molecule has 2 aliphatic rings. The number of rotatable bonds is 10. The minimum atomic E-state index is -0.216. The number of methoxy groups -OCH3 is 1. The number of piperidine rings is 1. The van der Waals surface area contributed by atoms with Crippen LogP contribution >= 0.6 is 0 Å². The van der Waals surface area contributed by atoms with Gasteiger partial charge in [0.05, 0.1) is 5.71 Å². The van der Waals surface area contributed by atoms with Crippen LogP contribution in [0.3, 0.4) is 0 Å². The van der Waals surface area contributed by atoms with Gasteiger partial charge in [0.25, 0.3) is 5.91 Å². The van der Waals surface area contributed by atoms with Crippen molar-refractivity contribution in [1.29, 1.82) is 0 Å². The van der Waals surface area contributed by atoms with Crippen molar-refractivity contribution in [3.05, 3.63) is 17.6 Å². The van der Waals surface area contributed by atoms with Crippen molar-refractivity contribution in [1.82, 2.24) is 20.2 Å². The second-order valence-corrected chi connectivity index (χ2v) is 10.7. The van der Waals surface area contributed by atoms with E-state index in [0.717, 1.165) is 38.1 Å². The average Bonchev–Trinajstić information content (AvgIpc) is 3.34. The molecule has 0 unspecified atom stereocenters. The molecule has 2 atom stereocenters. The van der Waals surface area contributed by atoms with Crippen molar-refractivity contribution in [3.63, 3.8) is 0 Å². The molecule has 1 saturated heterocycles. The van der Waals surface area contributed by atoms with Crippen molar-refractivity contribution in [2.24, 2.45) is 22.0 Å². The van der Waals surface area contributed by atoms with E-state index < -0.39 is 0 Å². The molecular weight excluding hydrogens is 442 g/mol. The van der Waals surface area contributed by atoms with Gasteiger partial charge in [-0.25, -0.2) is 9.97 Å². The molecule has 1 amide bonds. The number of amides is 1. The zero-order valence-corrected chi connectivity index (χ0v) is 21.6. The molecule has 2 aliphatic heterocycles. The van der Waals surface area contributed by atoms with Gasteiger partial charge in [-0.3, -0.25) is 4.79 Å². The number of hydrogen-bond donors (Lipinski definition) is 2. The molecule has 9 nitrogen and oxygen atoms in total. The Labute approximate surface area is 211 Å². The van der Waals surface area contributed by atoms with Crippen LogP contribution in [0.15, 0.2) is 16.4 Å². The lowest BCUT2D eigenvalue weighted by molar-refractivity contribution is 0.0606. The number of aromatic nitrogens is 2. The van der Waals surface area contributed by atoms with Gasteiger partial charge >= 0.3 is 0 Å². The van der Waals surface area contributed by atoms with Crippen LogP contribution < -0.4 is 10.6 Å². The summed E-state index contributed by atoms with van der Waals surface area (Å²) in [5.74, 6) is 1.91. The molecule has 1 aromatic rings. The summed E-state index contributed by atoms with van der Waals surface area (Å²) in [5, 5.41) is 15.3. The summed E-state index contributed by atoms with van der Waals surface area (Å²) in [6.07, 6.45) is 6.06. The minimum absolute atomic E-state index is 0. The van der Waals surface area contributed by atoms with Crippen molar-refractivity contribution < 1.29 is 9.53 Å². The van der Waals surface area contributed by atoms with Crippen molar-refractivity contribution in [2.75, 3.05) is 45.2 Å². The Morgan fingerprint density at radius 3 is 2.71 bits per heavy atom. The highest BCUT2D eigenvalue weighted by atomic mass is 16.5. The first-order chi connectivity index (χ1) is 16.2. The Kier molecular flexibility index (Phi) is 10.8. The van der Waals surface area contributed by atoms with E-state index in [9.17, 15) is 4.79 Å². The molecule has 0 aliphatic carbocycles. The maximum absolute atomic E-state index is 14.0. The molecule has 0 bridgehead atoms. The molecule has 3 rings (SSSR count). The highest BCUT2D eigenvalue weighted by molar-refractivity contribution is 6.00. The highest BCUT2D eigenvalue weighted by Crippen LogP contribution is 2.26. The van der Waals surface area contributed by atoms with Crippen LogP contribution in [0, 0.1) is 11.8 Å². The predicted molar refractivity (Wildman–Crippen MR) is 144 cm³/mol. The van der Waals surface area contributed by atoms with Gasteiger partial charge in [-0.2, -0.15) is 10.2 Å². The molecule has 196 valence electrons. The third-order valence-corrected chi connectivity index (χ3v) is 6.14. The van der Waals surface area contributed by atoms with Crippen LogP contribution in [-0.4, -0.2) is 78.6 Å². The number of anilines is 1. The SMILES string of the molecule is C.COCCCNc1nc(C(C)(C)C)ncc1C(=O)N(CC(C)C)[C@@H]1CNC[C@H](C2=NN=CC2)C1. The van der Waals surface area contributed by atoms with Gasteiger partial charge in [0.15, 0.2) is 0 Å². The number of carbonyl (C=O) groups excluding carboxylic acids is 1. The van der Waals surface area contributed by atoms with E-state index in [1.54, 1.807) is 13.3 Å². The molecule has 1 fully saturated rings. The minimum Gasteiger partial charge on any atom is -0.385 e. The Bertz CT molecular complexity index is 892. The second-order valence-electron chi connectivity index (χ2n) is 10.7. The summed E-state index contributed by atoms with van der Waals surface area (Å²) in [4.78, 5) is 25.4. The fourth-order valence-electron chi connectivity index (χ4n) is 4.35. The molecule has 0 spiro atoms. The van der Waals surface area contributed by atoms with Crippen LogP contribution in [0.1, 0.15) is 77.5 Å². The van der Waals surface area contributed by atoms with Crippen LogP contribution in [-0.2, 0) is 10.2 Å². The summed E-state index contributed by atoms with van der Waals surface area (Å²) in [6.45, 7) is 14.1. The van der Waals surface area contributed by atoms with Gasteiger partial charge in [0.2, 0.25) is 0 Å². The molecule has 1 aromatic heterocycles. The van der Waals surface area contributed by atoms with Crippen LogP contribution in [0.4, 0.5) is 5.82 Å². The summed E-state index contributed by atoms with van der Waals surface area (Å²) in [7, 11) is 1.69. The first-order valence-corrected chi connectivity index (χ1v) is 12.4. The van der Waals surface area contributed by atoms with E-state index in [0.29, 0.717) is 42.8 Å². The molecule has 0 saturated carbocycles. The van der Waals surface area contributed by atoms with Crippen LogP contribution in [0.25, 0.3) is 0 Å². The first kappa shape index (κ1) is 28.8. The summed E-state index contributed by atoms with van der Waals surface area (Å²) in [6, 6.07) is 0.0700. The average molecular weight is 488 g/mol. The molecule has 9 heteroatoms. The largest absolute Gasteiger partial charge is 0.385 e. The van der Waals surface area contributed by atoms with Gasteiger partial charge in [0, 0.05) is 76.1 Å². The Hall–Kier alpha value is -2.39. The predicted octanol–water partition coefficient (Wildman–Crippen LogP) is 3.77. The lowest BCUT2D eigenvalue weighted by atomic mass is 9.89. The van der Waals surface area contributed by atoms with Crippen molar-refractivity contribution in [3.8, 4) is 0 Å². The second kappa shape index (κ2) is 13.1. The summed E-state index contributed by atoms with van der Waals surface area (Å²) < 4.78 is 5.18. The van der Waals surface area contributed by atoms with E-state index in [1.165, 1.54) is 0 Å². The van der Waals surface area contributed by atoms with Gasteiger partial charge < -0.3 is 20.3 Å². The van der Waals surface area contributed by atoms with E-state index in [2.05, 4.69) is 60.4 Å². The molecule has 35 heavy (non-hydrogen) atoms. The maximum Gasteiger partial charge on any atom is 0.259 e. The van der Waals surface area contributed by atoms with Gasteiger partial charge in [-0.1, -0.05) is 42.0 Å². The maximum atomic E-state index is 14.0. The molecule has 0 aromatic carbocycles. The normalized spacial score (nSPS) is 19.9. The first-order valence-electron chi connectivity index (χ1n) is 12.4. The van der Waals surface area contributed by atoms with Crippen LogP contribution in [0.5, 0.6) is 0 Å². The third-order valence-electron chi connectivity index (χ3n) is 6.14. The Morgan fingerprint density at radius 1 is 1.31 bits per heavy atom. The molecule has 0 radical (unpaired) electrons. The van der Waals surface area contributed by atoms with Crippen molar-refractivity contribution >= 4 is 23.7 Å². The third kappa shape index (κ3) is 7.80. The quantitative estimate of drug-likeness (QED) is 0.487. The topological polar surface area (TPSA) is 104 Å². The zero-order chi connectivity index (χ0) is 24.7. The van der Waals surface area contributed by atoms with E-state index >= 15 is 0 Å². The Balaban J connectivity index is 0.00000432. The number of nitrogens with zero attached hydrogens (tertiary/aromatic N) is 5. The fraction of sp³-hybridized carbons (Fsp3) is 0.731. The number of hydrogen-bond acceptors (Lipinski definition) is 8. The fourth-order valence-corrected chi connectivity index (χ4v) is 4.35. The Morgan fingerprint density at radius 2 is 2.09 bits per heavy atom. The van der Waals surface area contributed by atoms with Crippen LogP contribution in [0.2, 0.25) is 0 Å². The molecule has 2 N–H and O–H groups in total. The number of nitrogens with one attached hydrogen (secondary N) is 2. The molecular formula is C26H45N7O2. The highest BCUT2D eigenvalue weighted by Gasteiger charge is 2.34. The zero-order valence-electron chi connectivity index (χ0n) is 21.6. The van der Waals surface area contributed by atoms with E-state index in [1.807, 2.05) is 11.1 Å². The lowest BCUT2D eigenvalue weighted by Gasteiger charge is -2.39. The van der Waals surface area contributed by atoms with Crippen molar-refractivity contribution in [2.45, 2.75) is 72.8 Å². The summed E-state index contributed by atoms with van der Waals surface area (Å²) in [5.41, 5.74) is 1.41.